The molecular formula is C17H34N2. The topological polar surface area (TPSA) is 15.3 Å². The second kappa shape index (κ2) is 7.64. The zero-order chi connectivity index (χ0) is 13.7. The van der Waals surface area contributed by atoms with Crippen LogP contribution >= 0.6 is 0 Å². The zero-order valence-electron chi connectivity index (χ0n) is 13.3. The van der Waals surface area contributed by atoms with Gasteiger partial charge in [0.05, 0.1) is 0 Å². The Hall–Kier alpha value is -0.0800. The Morgan fingerprint density at radius 3 is 2.42 bits per heavy atom. The van der Waals surface area contributed by atoms with Gasteiger partial charge in [0.2, 0.25) is 0 Å². The van der Waals surface area contributed by atoms with Crippen molar-refractivity contribution in [2.24, 2.45) is 11.8 Å². The van der Waals surface area contributed by atoms with E-state index in [4.69, 9.17) is 0 Å². The van der Waals surface area contributed by atoms with Crippen LogP contribution in [0.5, 0.6) is 0 Å². The molecule has 2 unspecified atom stereocenters. The summed E-state index contributed by atoms with van der Waals surface area (Å²) in [6, 6.07) is 1.68. The van der Waals surface area contributed by atoms with E-state index in [9.17, 15) is 0 Å². The van der Waals surface area contributed by atoms with Crippen molar-refractivity contribution in [3.05, 3.63) is 0 Å². The van der Waals surface area contributed by atoms with E-state index in [2.05, 4.69) is 31.1 Å². The smallest absolute Gasteiger partial charge is 0.0104 e. The van der Waals surface area contributed by atoms with Crippen LogP contribution in [0.2, 0.25) is 0 Å². The lowest BCUT2D eigenvalue weighted by atomic mass is 10.0. The minimum absolute atomic E-state index is 0.781. The van der Waals surface area contributed by atoms with Gasteiger partial charge in [-0.1, -0.05) is 33.1 Å². The molecule has 1 N–H and O–H groups in total. The quantitative estimate of drug-likeness (QED) is 0.756. The summed E-state index contributed by atoms with van der Waals surface area (Å²) in [6.45, 7) is 7.40. The van der Waals surface area contributed by atoms with E-state index >= 15 is 0 Å². The molecule has 0 aliphatic heterocycles. The van der Waals surface area contributed by atoms with Crippen LogP contribution in [0.3, 0.4) is 0 Å². The molecule has 2 rings (SSSR count). The molecule has 19 heavy (non-hydrogen) atoms. The standard InChI is InChI=1S/C17H34N2/c1-14(2)11-12-19(16-8-4-5-9-16)13-15-7-6-10-17(15)18-3/h14-18H,4-13H2,1-3H3. The molecule has 0 aromatic rings. The van der Waals surface area contributed by atoms with Crippen LogP contribution in [-0.2, 0) is 0 Å². The number of nitrogens with one attached hydrogen (secondary N) is 1. The van der Waals surface area contributed by atoms with Crippen molar-refractivity contribution in [3.8, 4) is 0 Å². The maximum Gasteiger partial charge on any atom is 0.0104 e. The van der Waals surface area contributed by atoms with E-state index in [1.54, 1.807) is 0 Å². The molecule has 112 valence electrons. The van der Waals surface area contributed by atoms with Crippen LogP contribution in [0.25, 0.3) is 0 Å². The first-order valence-corrected chi connectivity index (χ1v) is 8.62. The zero-order valence-corrected chi connectivity index (χ0v) is 13.3. The lowest BCUT2D eigenvalue weighted by molar-refractivity contribution is 0.151. The first-order valence-electron chi connectivity index (χ1n) is 8.62. The summed E-state index contributed by atoms with van der Waals surface area (Å²) in [4.78, 5) is 2.85. The number of nitrogens with zero attached hydrogens (tertiary/aromatic N) is 1. The molecule has 2 aliphatic rings. The molecule has 2 saturated carbocycles. The summed E-state index contributed by atoms with van der Waals surface area (Å²) in [5.41, 5.74) is 0. The molecule has 0 heterocycles. The fourth-order valence-corrected chi connectivity index (χ4v) is 4.05. The summed E-state index contributed by atoms with van der Waals surface area (Å²) in [6.07, 6.45) is 11.5. The van der Waals surface area contributed by atoms with Crippen molar-refractivity contribution in [2.45, 2.75) is 77.3 Å². The Morgan fingerprint density at radius 2 is 1.79 bits per heavy atom. The average Bonchev–Trinajstić information content (AvgIpc) is 3.04. The second-order valence-corrected chi connectivity index (χ2v) is 7.20. The van der Waals surface area contributed by atoms with Crippen LogP contribution < -0.4 is 5.32 Å². The minimum Gasteiger partial charge on any atom is -0.317 e. The van der Waals surface area contributed by atoms with Gasteiger partial charge in [0.1, 0.15) is 0 Å². The molecule has 2 heteroatoms. The molecule has 0 saturated heterocycles. The Kier molecular flexibility index (Phi) is 6.15. The van der Waals surface area contributed by atoms with Gasteiger partial charge in [0.25, 0.3) is 0 Å². The van der Waals surface area contributed by atoms with Crippen molar-refractivity contribution in [2.75, 3.05) is 20.1 Å². The van der Waals surface area contributed by atoms with E-state index in [0.29, 0.717) is 0 Å². The van der Waals surface area contributed by atoms with Gasteiger partial charge in [-0.2, -0.15) is 0 Å². The Morgan fingerprint density at radius 1 is 1.05 bits per heavy atom. The van der Waals surface area contributed by atoms with Crippen molar-refractivity contribution < 1.29 is 0 Å². The van der Waals surface area contributed by atoms with E-state index in [0.717, 1.165) is 23.9 Å². The van der Waals surface area contributed by atoms with Crippen LogP contribution in [-0.4, -0.2) is 37.1 Å². The highest BCUT2D eigenvalue weighted by molar-refractivity contribution is 4.87. The van der Waals surface area contributed by atoms with Gasteiger partial charge in [0.15, 0.2) is 0 Å². The lowest BCUT2D eigenvalue weighted by Gasteiger charge is -2.33. The molecule has 2 aliphatic carbocycles. The van der Waals surface area contributed by atoms with Gasteiger partial charge in [0, 0.05) is 18.6 Å². The number of rotatable bonds is 7. The van der Waals surface area contributed by atoms with Gasteiger partial charge < -0.3 is 10.2 Å². The molecule has 2 nitrogen and oxygen atoms in total. The summed E-state index contributed by atoms with van der Waals surface area (Å²) < 4.78 is 0. The molecule has 0 bridgehead atoms. The van der Waals surface area contributed by atoms with Crippen LogP contribution in [0.1, 0.15) is 65.2 Å². The van der Waals surface area contributed by atoms with Crippen molar-refractivity contribution in [1.29, 1.82) is 0 Å². The summed E-state index contributed by atoms with van der Waals surface area (Å²) in [5, 5.41) is 3.55. The predicted octanol–water partition coefficient (Wildman–Crippen LogP) is 3.67. The van der Waals surface area contributed by atoms with E-state index < -0.39 is 0 Å². The highest BCUT2D eigenvalue weighted by Gasteiger charge is 2.30. The number of hydrogen-bond donors (Lipinski definition) is 1. The largest absolute Gasteiger partial charge is 0.317 e. The van der Waals surface area contributed by atoms with Crippen molar-refractivity contribution >= 4 is 0 Å². The van der Waals surface area contributed by atoms with E-state index in [1.165, 1.54) is 64.5 Å². The first kappa shape index (κ1) is 15.3. The van der Waals surface area contributed by atoms with Gasteiger partial charge in [-0.15, -0.1) is 0 Å². The van der Waals surface area contributed by atoms with Crippen LogP contribution in [0, 0.1) is 11.8 Å². The maximum absolute atomic E-state index is 3.55. The fourth-order valence-electron chi connectivity index (χ4n) is 4.05. The minimum atomic E-state index is 0.781. The monoisotopic (exact) mass is 266 g/mol. The van der Waals surface area contributed by atoms with Gasteiger partial charge in [-0.25, -0.2) is 0 Å². The second-order valence-electron chi connectivity index (χ2n) is 7.20. The number of hydrogen-bond acceptors (Lipinski definition) is 2. The molecule has 0 aromatic heterocycles. The first-order chi connectivity index (χ1) is 9.20. The average molecular weight is 266 g/mol. The van der Waals surface area contributed by atoms with Crippen molar-refractivity contribution in [3.63, 3.8) is 0 Å². The third kappa shape index (κ3) is 4.46. The van der Waals surface area contributed by atoms with Crippen molar-refractivity contribution in [1.82, 2.24) is 10.2 Å². The highest BCUT2D eigenvalue weighted by atomic mass is 15.2. The predicted molar refractivity (Wildman–Crippen MR) is 83.5 cm³/mol. The normalized spacial score (nSPS) is 28.9. The molecular weight excluding hydrogens is 232 g/mol. The third-order valence-corrected chi connectivity index (χ3v) is 5.33. The Bertz CT molecular complexity index is 246. The summed E-state index contributed by atoms with van der Waals surface area (Å²) >= 11 is 0. The fraction of sp³-hybridized carbons (Fsp3) is 1.00. The van der Waals surface area contributed by atoms with E-state index in [1.807, 2.05) is 0 Å². The molecule has 0 spiro atoms. The van der Waals surface area contributed by atoms with Crippen LogP contribution in [0.15, 0.2) is 0 Å². The van der Waals surface area contributed by atoms with Crippen LogP contribution in [0.4, 0.5) is 0 Å². The Balaban J connectivity index is 1.88. The van der Waals surface area contributed by atoms with Gasteiger partial charge in [-0.05, 0) is 57.5 Å². The summed E-state index contributed by atoms with van der Waals surface area (Å²) in [7, 11) is 2.15. The molecule has 0 aromatic carbocycles. The molecule has 0 radical (unpaired) electrons. The molecule has 0 amide bonds. The summed E-state index contributed by atoms with van der Waals surface area (Å²) in [5.74, 6) is 1.74. The third-order valence-electron chi connectivity index (χ3n) is 5.33. The molecule has 2 atom stereocenters. The lowest BCUT2D eigenvalue weighted by Crippen LogP contribution is -2.42. The Labute approximate surface area is 120 Å². The van der Waals surface area contributed by atoms with Gasteiger partial charge in [-0.3, -0.25) is 0 Å². The maximum atomic E-state index is 3.55. The van der Waals surface area contributed by atoms with Gasteiger partial charge >= 0.3 is 0 Å². The molecule has 2 fully saturated rings. The highest BCUT2D eigenvalue weighted by Crippen LogP contribution is 2.30. The SMILES string of the molecule is CNC1CCCC1CN(CCC(C)C)C1CCCC1. The van der Waals surface area contributed by atoms with E-state index in [-0.39, 0.29) is 0 Å².